The van der Waals surface area contributed by atoms with Gasteiger partial charge in [-0.3, -0.25) is 0 Å². The number of anilines is 1. The van der Waals surface area contributed by atoms with Gasteiger partial charge in [-0.2, -0.15) is 9.97 Å². The Hall–Kier alpha value is -2.25. The number of hydrogen-bond acceptors (Lipinski definition) is 7. The molecular weight excluding hydrogens is 346 g/mol. The van der Waals surface area contributed by atoms with Gasteiger partial charge in [-0.05, 0) is 24.3 Å². The quantitative estimate of drug-likeness (QED) is 0.870. The third-order valence-electron chi connectivity index (χ3n) is 4.01. The zero-order chi connectivity index (χ0) is 17.8. The lowest BCUT2D eigenvalue weighted by Gasteiger charge is -2.36. The van der Waals surface area contributed by atoms with Crippen molar-refractivity contribution >= 4 is 17.4 Å². The van der Waals surface area contributed by atoms with E-state index >= 15 is 0 Å². The Morgan fingerprint density at radius 3 is 2.56 bits per heavy atom. The second-order valence-electron chi connectivity index (χ2n) is 5.67. The summed E-state index contributed by atoms with van der Waals surface area (Å²) in [4.78, 5) is 10.4. The number of aromatic nitrogens is 2. The number of ether oxygens (including phenoxy) is 3. The molecule has 3 rings (SSSR count). The van der Waals surface area contributed by atoms with Crippen LogP contribution in [-0.2, 0) is 0 Å². The number of nitrogens with zero attached hydrogens (tertiary/aromatic N) is 3. The maximum Gasteiger partial charge on any atom is 0.321 e. The Bertz CT molecular complexity index is 691. The minimum absolute atomic E-state index is 0.225. The van der Waals surface area contributed by atoms with E-state index in [0.29, 0.717) is 42.0 Å². The van der Waals surface area contributed by atoms with Crippen molar-refractivity contribution in [3.05, 3.63) is 35.4 Å². The van der Waals surface area contributed by atoms with Gasteiger partial charge in [0.25, 0.3) is 0 Å². The highest BCUT2D eigenvalue weighted by Crippen LogP contribution is 2.26. The van der Waals surface area contributed by atoms with Crippen LogP contribution in [0, 0.1) is 0 Å². The van der Waals surface area contributed by atoms with Crippen molar-refractivity contribution in [2.75, 3.05) is 32.2 Å². The number of aliphatic hydroxyl groups is 1. The Balaban J connectivity index is 1.68. The summed E-state index contributed by atoms with van der Waals surface area (Å²) >= 11 is 5.88. The molecule has 2 heterocycles. The summed E-state index contributed by atoms with van der Waals surface area (Å²) in [6.07, 6.45) is -0.294. The monoisotopic (exact) mass is 365 g/mol. The third-order valence-corrected chi connectivity index (χ3v) is 4.26. The Kier molecular flexibility index (Phi) is 5.45. The fraction of sp³-hybridized carbons (Fsp3) is 0.412. The zero-order valence-corrected chi connectivity index (χ0v) is 14.8. The number of rotatable bonds is 5. The van der Waals surface area contributed by atoms with Gasteiger partial charge < -0.3 is 24.2 Å². The van der Waals surface area contributed by atoms with Crippen LogP contribution in [0.3, 0.4) is 0 Å². The molecule has 7 nitrogen and oxygen atoms in total. The van der Waals surface area contributed by atoms with Crippen molar-refractivity contribution in [3.8, 4) is 17.6 Å². The van der Waals surface area contributed by atoms with Gasteiger partial charge in [0.15, 0.2) is 0 Å². The fourth-order valence-corrected chi connectivity index (χ4v) is 2.82. The summed E-state index contributed by atoms with van der Waals surface area (Å²) in [5, 5.41) is 11.1. The van der Waals surface area contributed by atoms with Crippen LogP contribution in [0.4, 0.5) is 5.82 Å². The Labute approximate surface area is 151 Å². The maximum atomic E-state index is 10.5. The number of halogens is 1. The van der Waals surface area contributed by atoms with Gasteiger partial charge in [-0.25, -0.2) is 0 Å². The molecule has 1 aromatic heterocycles. The molecule has 0 amide bonds. The summed E-state index contributed by atoms with van der Waals surface area (Å²) in [6.45, 7) is 1.07. The molecule has 1 saturated heterocycles. The van der Waals surface area contributed by atoms with Gasteiger partial charge in [-0.1, -0.05) is 11.6 Å². The van der Waals surface area contributed by atoms with Crippen LogP contribution in [0.25, 0.3) is 0 Å². The molecule has 1 aliphatic heterocycles. The molecule has 0 saturated carbocycles. The van der Waals surface area contributed by atoms with Gasteiger partial charge in [0.05, 0.1) is 14.2 Å². The van der Waals surface area contributed by atoms with Crippen LogP contribution in [0.2, 0.25) is 5.02 Å². The maximum absolute atomic E-state index is 10.5. The molecular formula is C17H20ClN3O4. The summed E-state index contributed by atoms with van der Waals surface area (Å²) in [5.74, 6) is 1.75. The summed E-state index contributed by atoms with van der Waals surface area (Å²) < 4.78 is 16.1. The van der Waals surface area contributed by atoms with Crippen LogP contribution in [0.15, 0.2) is 30.3 Å². The molecule has 0 aliphatic carbocycles. The Morgan fingerprint density at radius 1 is 1.16 bits per heavy atom. The van der Waals surface area contributed by atoms with Gasteiger partial charge in [0, 0.05) is 30.6 Å². The molecule has 1 aliphatic rings. The predicted octanol–water partition coefficient (Wildman–Crippen LogP) is 2.17. The van der Waals surface area contributed by atoms with E-state index in [0.717, 1.165) is 0 Å². The molecule has 134 valence electrons. The highest BCUT2D eigenvalue weighted by atomic mass is 35.5. The van der Waals surface area contributed by atoms with Crippen LogP contribution in [-0.4, -0.2) is 54.6 Å². The first-order valence-corrected chi connectivity index (χ1v) is 8.29. The van der Waals surface area contributed by atoms with E-state index in [1.165, 1.54) is 14.2 Å². The number of methoxy groups -OCH3 is 2. The number of piperidine rings is 1. The van der Waals surface area contributed by atoms with E-state index in [4.69, 9.17) is 25.8 Å². The average molecular weight is 366 g/mol. The van der Waals surface area contributed by atoms with Crippen molar-refractivity contribution < 1.29 is 19.3 Å². The molecule has 0 radical (unpaired) electrons. The predicted molar refractivity (Wildman–Crippen MR) is 93.8 cm³/mol. The average Bonchev–Trinajstić information content (AvgIpc) is 2.64. The van der Waals surface area contributed by atoms with Gasteiger partial charge in [0.1, 0.15) is 23.8 Å². The van der Waals surface area contributed by atoms with Crippen molar-refractivity contribution in [1.29, 1.82) is 0 Å². The summed E-state index contributed by atoms with van der Waals surface area (Å²) in [7, 11) is 3.03. The van der Waals surface area contributed by atoms with Crippen LogP contribution < -0.4 is 19.1 Å². The lowest BCUT2D eigenvalue weighted by atomic mass is 10.0. The van der Waals surface area contributed by atoms with Gasteiger partial charge in [-0.15, -0.1) is 0 Å². The van der Waals surface area contributed by atoms with Gasteiger partial charge >= 0.3 is 6.01 Å². The molecule has 1 N–H and O–H groups in total. The molecule has 25 heavy (non-hydrogen) atoms. The number of aliphatic hydroxyl groups excluding tert-OH is 1. The zero-order valence-electron chi connectivity index (χ0n) is 14.1. The molecule has 1 fully saturated rings. The van der Waals surface area contributed by atoms with Crippen molar-refractivity contribution in [3.63, 3.8) is 0 Å². The number of benzene rings is 1. The highest BCUT2D eigenvalue weighted by Gasteiger charge is 2.30. The number of hydrogen-bond donors (Lipinski definition) is 1. The first kappa shape index (κ1) is 17.6. The fourth-order valence-electron chi connectivity index (χ4n) is 2.69. The van der Waals surface area contributed by atoms with Crippen molar-refractivity contribution in [2.24, 2.45) is 0 Å². The van der Waals surface area contributed by atoms with E-state index in [9.17, 15) is 5.11 Å². The van der Waals surface area contributed by atoms with E-state index in [1.807, 2.05) is 4.90 Å². The minimum Gasteiger partial charge on any atom is -0.488 e. The van der Waals surface area contributed by atoms with E-state index in [2.05, 4.69) is 9.97 Å². The molecule has 8 heteroatoms. The SMILES string of the molecule is COc1cc(N2CC[C@@H](Oc3ccc(Cl)cc3)[C@H](O)C2)nc(OC)n1. The van der Waals surface area contributed by atoms with Crippen LogP contribution in [0.5, 0.6) is 17.6 Å². The van der Waals surface area contributed by atoms with Crippen molar-refractivity contribution in [2.45, 2.75) is 18.6 Å². The van der Waals surface area contributed by atoms with E-state index in [1.54, 1.807) is 30.3 Å². The third kappa shape index (κ3) is 4.24. The lowest BCUT2D eigenvalue weighted by Crippen LogP contribution is -2.49. The summed E-state index contributed by atoms with van der Waals surface area (Å²) in [5.41, 5.74) is 0. The molecule has 0 bridgehead atoms. The lowest BCUT2D eigenvalue weighted by molar-refractivity contribution is 0.0240. The first-order chi connectivity index (χ1) is 12.1. The normalized spacial score (nSPS) is 20.2. The topological polar surface area (TPSA) is 76.9 Å². The number of β-amino-alcohol motifs (C(OH)–C–C–N with tert-alkyl or cyclic N) is 1. The molecule has 2 aromatic rings. The molecule has 0 unspecified atom stereocenters. The molecule has 0 spiro atoms. The van der Waals surface area contributed by atoms with Crippen molar-refractivity contribution in [1.82, 2.24) is 9.97 Å². The molecule has 1 aromatic carbocycles. The second-order valence-corrected chi connectivity index (χ2v) is 6.10. The highest BCUT2D eigenvalue weighted by molar-refractivity contribution is 6.30. The molecule has 2 atom stereocenters. The van der Waals surface area contributed by atoms with E-state index in [-0.39, 0.29) is 12.1 Å². The Morgan fingerprint density at radius 2 is 1.92 bits per heavy atom. The second kappa shape index (κ2) is 7.76. The first-order valence-electron chi connectivity index (χ1n) is 7.91. The standard InChI is InChI=1S/C17H20ClN3O4/c1-23-16-9-15(19-17(20-16)24-2)21-8-7-14(13(22)10-21)25-12-5-3-11(18)4-6-12/h3-6,9,13-14,22H,7-8,10H2,1-2H3/t13-,14-/m1/s1. The largest absolute Gasteiger partial charge is 0.488 e. The smallest absolute Gasteiger partial charge is 0.321 e. The minimum atomic E-state index is -0.656. The van der Waals surface area contributed by atoms with Crippen LogP contribution >= 0.6 is 11.6 Å². The summed E-state index contributed by atoms with van der Waals surface area (Å²) in [6, 6.07) is 9.05. The van der Waals surface area contributed by atoms with Crippen LogP contribution in [0.1, 0.15) is 6.42 Å². The van der Waals surface area contributed by atoms with Gasteiger partial charge in [0.2, 0.25) is 5.88 Å². The van der Waals surface area contributed by atoms with E-state index < -0.39 is 6.10 Å².